The standard InChI is InChI=1S/C21H25ClN2O2/c1-3-15(2)18-7-4-5-8-19(18)24-20(25)9-6-14-23-21(26)16-10-12-17(22)13-11-16/h4-5,7-8,10-13,15H,3,6,9,14H2,1-2H3,(H,23,26)(H,24,25)/t15-/m1/s1. The first-order valence-corrected chi connectivity index (χ1v) is 9.31. The average Bonchev–Trinajstić information content (AvgIpc) is 2.65. The summed E-state index contributed by atoms with van der Waals surface area (Å²) in [6, 6.07) is 14.6. The zero-order chi connectivity index (χ0) is 18.9. The Bertz CT molecular complexity index is 744. The molecule has 0 fully saturated rings. The minimum Gasteiger partial charge on any atom is -0.352 e. The molecular formula is C21H25ClN2O2. The predicted octanol–water partition coefficient (Wildman–Crippen LogP) is 5.00. The molecule has 0 aliphatic heterocycles. The second kappa shape index (κ2) is 9.97. The molecule has 2 amide bonds. The molecule has 2 aromatic rings. The van der Waals surface area contributed by atoms with Crippen LogP contribution in [0.3, 0.4) is 0 Å². The molecule has 0 aliphatic rings. The summed E-state index contributed by atoms with van der Waals surface area (Å²) in [6.07, 6.45) is 1.95. The monoisotopic (exact) mass is 372 g/mol. The summed E-state index contributed by atoms with van der Waals surface area (Å²) in [5, 5.41) is 6.39. The molecule has 2 N–H and O–H groups in total. The molecule has 0 saturated heterocycles. The Balaban J connectivity index is 1.77. The molecule has 0 aliphatic carbocycles. The lowest BCUT2D eigenvalue weighted by molar-refractivity contribution is -0.116. The molecular weight excluding hydrogens is 348 g/mol. The molecule has 138 valence electrons. The van der Waals surface area contributed by atoms with Gasteiger partial charge in [-0.3, -0.25) is 9.59 Å². The van der Waals surface area contributed by atoms with Gasteiger partial charge in [0.05, 0.1) is 0 Å². The zero-order valence-electron chi connectivity index (χ0n) is 15.2. The summed E-state index contributed by atoms with van der Waals surface area (Å²) in [5.74, 6) is 0.191. The van der Waals surface area contributed by atoms with Crippen molar-refractivity contribution in [2.75, 3.05) is 11.9 Å². The van der Waals surface area contributed by atoms with E-state index in [1.165, 1.54) is 0 Å². The molecule has 1 atom stereocenters. The Hall–Kier alpha value is -2.33. The third kappa shape index (κ3) is 5.88. The van der Waals surface area contributed by atoms with E-state index in [0.29, 0.717) is 35.9 Å². The van der Waals surface area contributed by atoms with Crippen molar-refractivity contribution < 1.29 is 9.59 Å². The fourth-order valence-electron chi connectivity index (χ4n) is 2.63. The van der Waals surface area contributed by atoms with Crippen LogP contribution in [0.25, 0.3) is 0 Å². The van der Waals surface area contributed by atoms with Crippen molar-refractivity contribution in [3.63, 3.8) is 0 Å². The lowest BCUT2D eigenvalue weighted by atomic mass is 9.97. The number of rotatable bonds is 8. The van der Waals surface area contributed by atoms with Gasteiger partial charge in [0, 0.05) is 29.2 Å². The number of anilines is 1. The highest BCUT2D eigenvalue weighted by Gasteiger charge is 2.11. The minimum atomic E-state index is -0.163. The average molecular weight is 373 g/mol. The molecule has 0 aromatic heterocycles. The van der Waals surface area contributed by atoms with E-state index in [1.54, 1.807) is 24.3 Å². The van der Waals surface area contributed by atoms with Crippen molar-refractivity contribution >= 4 is 29.1 Å². The van der Waals surface area contributed by atoms with Crippen LogP contribution in [-0.2, 0) is 4.79 Å². The van der Waals surface area contributed by atoms with E-state index in [9.17, 15) is 9.59 Å². The van der Waals surface area contributed by atoms with Crippen molar-refractivity contribution in [2.45, 2.75) is 39.0 Å². The van der Waals surface area contributed by atoms with Crippen LogP contribution < -0.4 is 10.6 Å². The zero-order valence-corrected chi connectivity index (χ0v) is 16.0. The number of para-hydroxylation sites is 1. The van der Waals surface area contributed by atoms with E-state index in [4.69, 9.17) is 11.6 Å². The first-order valence-electron chi connectivity index (χ1n) is 8.93. The topological polar surface area (TPSA) is 58.2 Å². The van der Waals surface area contributed by atoms with Crippen LogP contribution in [0.1, 0.15) is 54.9 Å². The minimum absolute atomic E-state index is 0.0403. The lowest BCUT2D eigenvalue weighted by Crippen LogP contribution is -2.25. The molecule has 0 saturated carbocycles. The largest absolute Gasteiger partial charge is 0.352 e. The predicted molar refractivity (Wildman–Crippen MR) is 107 cm³/mol. The maximum absolute atomic E-state index is 12.2. The van der Waals surface area contributed by atoms with E-state index < -0.39 is 0 Å². The van der Waals surface area contributed by atoms with Crippen molar-refractivity contribution in [3.05, 3.63) is 64.7 Å². The third-order valence-electron chi connectivity index (χ3n) is 4.35. The smallest absolute Gasteiger partial charge is 0.251 e. The number of halogens is 1. The Kier molecular flexibility index (Phi) is 7.67. The van der Waals surface area contributed by atoms with E-state index >= 15 is 0 Å². The van der Waals surface area contributed by atoms with Crippen LogP contribution in [0.5, 0.6) is 0 Å². The Morgan fingerprint density at radius 3 is 2.46 bits per heavy atom. The van der Waals surface area contributed by atoms with Gasteiger partial charge in [-0.1, -0.05) is 43.6 Å². The van der Waals surface area contributed by atoms with E-state index in [0.717, 1.165) is 17.7 Å². The molecule has 2 rings (SSSR count). The number of carbonyl (C=O) groups excluding carboxylic acids is 2. The molecule has 0 spiro atoms. The Morgan fingerprint density at radius 2 is 1.77 bits per heavy atom. The lowest BCUT2D eigenvalue weighted by Gasteiger charge is -2.15. The highest BCUT2D eigenvalue weighted by molar-refractivity contribution is 6.30. The highest BCUT2D eigenvalue weighted by Crippen LogP contribution is 2.26. The van der Waals surface area contributed by atoms with Gasteiger partial charge >= 0.3 is 0 Å². The maximum atomic E-state index is 12.2. The normalized spacial score (nSPS) is 11.7. The number of hydrogen-bond donors (Lipinski definition) is 2. The van der Waals surface area contributed by atoms with Gasteiger partial charge in [0.1, 0.15) is 0 Å². The molecule has 0 heterocycles. The number of hydrogen-bond acceptors (Lipinski definition) is 2. The van der Waals surface area contributed by atoms with Crippen LogP contribution in [0.15, 0.2) is 48.5 Å². The van der Waals surface area contributed by atoms with Gasteiger partial charge in [-0.25, -0.2) is 0 Å². The second-order valence-corrected chi connectivity index (χ2v) is 6.75. The van der Waals surface area contributed by atoms with Crippen molar-refractivity contribution in [2.24, 2.45) is 0 Å². The molecule has 26 heavy (non-hydrogen) atoms. The van der Waals surface area contributed by atoms with Crippen molar-refractivity contribution in [3.8, 4) is 0 Å². The summed E-state index contributed by atoms with van der Waals surface area (Å²) >= 11 is 5.81. The van der Waals surface area contributed by atoms with E-state index in [-0.39, 0.29) is 11.8 Å². The summed E-state index contributed by atoms with van der Waals surface area (Å²) in [6.45, 7) is 4.73. The summed E-state index contributed by atoms with van der Waals surface area (Å²) in [7, 11) is 0. The van der Waals surface area contributed by atoms with Crippen LogP contribution in [-0.4, -0.2) is 18.4 Å². The Labute approximate surface area is 159 Å². The maximum Gasteiger partial charge on any atom is 0.251 e. The molecule has 0 bridgehead atoms. The number of carbonyl (C=O) groups is 2. The van der Waals surface area contributed by atoms with Gasteiger partial charge in [-0.05, 0) is 54.7 Å². The van der Waals surface area contributed by atoms with Crippen LogP contribution >= 0.6 is 11.6 Å². The number of benzene rings is 2. The third-order valence-corrected chi connectivity index (χ3v) is 4.60. The molecule has 5 heteroatoms. The number of amides is 2. The molecule has 0 unspecified atom stereocenters. The Morgan fingerprint density at radius 1 is 1.08 bits per heavy atom. The quantitative estimate of drug-likeness (QED) is 0.640. The van der Waals surface area contributed by atoms with Gasteiger partial charge in [0.15, 0.2) is 0 Å². The van der Waals surface area contributed by atoms with Crippen molar-refractivity contribution in [1.29, 1.82) is 0 Å². The van der Waals surface area contributed by atoms with Gasteiger partial charge in [0.25, 0.3) is 5.91 Å². The fourth-order valence-corrected chi connectivity index (χ4v) is 2.75. The van der Waals surface area contributed by atoms with Crippen molar-refractivity contribution in [1.82, 2.24) is 5.32 Å². The summed E-state index contributed by atoms with van der Waals surface area (Å²) < 4.78 is 0. The molecule has 4 nitrogen and oxygen atoms in total. The van der Waals surface area contributed by atoms with Crippen LogP contribution in [0.4, 0.5) is 5.69 Å². The molecule has 0 radical (unpaired) electrons. The van der Waals surface area contributed by atoms with Gasteiger partial charge < -0.3 is 10.6 Å². The van der Waals surface area contributed by atoms with E-state index in [1.807, 2.05) is 18.2 Å². The molecule has 2 aromatic carbocycles. The summed E-state index contributed by atoms with van der Waals surface area (Å²) in [4.78, 5) is 24.2. The summed E-state index contributed by atoms with van der Waals surface area (Å²) in [5.41, 5.74) is 2.58. The van der Waals surface area contributed by atoms with Gasteiger partial charge in [0.2, 0.25) is 5.91 Å². The first-order chi connectivity index (χ1) is 12.5. The fraction of sp³-hybridized carbons (Fsp3) is 0.333. The van der Waals surface area contributed by atoms with Gasteiger partial charge in [-0.15, -0.1) is 0 Å². The van der Waals surface area contributed by atoms with Gasteiger partial charge in [-0.2, -0.15) is 0 Å². The second-order valence-electron chi connectivity index (χ2n) is 6.31. The van der Waals surface area contributed by atoms with Crippen LogP contribution in [0, 0.1) is 0 Å². The van der Waals surface area contributed by atoms with E-state index in [2.05, 4.69) is 30.5 Å². The first kappa shape index (κ1) is 20.0. The van der Waals surface area contributed by atoms with Crippen LogP contribution in [0.2, 0.25) is 5.02 Å². The highest BCUT2D eigenvalue weighted by atomic mass is 35.5. The number of nitrogens with one attached hydrogen (secondary N) is 2. The SMILES string of the molecule is CC[C@@H](C)c1ccccc1NC(=O)CCCNC(=O)c1ccc(Cl)cc1.